The van der Waals surface area contributed by atoms with Gasteiger partial charge in [0.25, 0.3) is 0 Å². The molecule has 0 amide bonds. The molecule has 0 aliphatic carbocycles. The maximum absolute atomic E-state index is 11.2. The maximum Gasteiger partial charge on any atom is 0.339 e. The maximum atomic E-state index is 11.2. The van der Waals surface area contributed by atoms with Crippen LogP contribution in [0.5, 0.6) is 11.5 Å². The summed E-state index contributed by atoms with van der Waals surface area (Å²) in [7, 11) is 0. The highest BCUT2D eigenvalue weighted by Crippen LogP contribution is 2.29. The lowest BCUT2D eigenvalue weighted by atomic mass is 10.0. The van der Waals surface area contributed by atoms with E-state index >= 15 is 0 Å². The van der Waals surface area contributed by atoms with Gasteiger partial charge in [-0.3, -0.25) is 0 Å². The van der Waals surface area contributed by atoms with E-state index in [1.54, 1.807) is 12.4 Å². The number of phenols is 2. The van der Waals surface area contributed by atoms with Gasteiger partial charge in [0, 0.05) is 34.4 Å². The van der Waals surface area contributed by atoms with Crippen molar-refractivity contribution < 1.29 is 30.0 Å². The van der Waals surface area contributed by atoms with Crippen molar-refractivity contribution in [3.05, 3.63) is 144 Å². The quantitative estimate of drug-likeness (QED) is 0.132. The average Bonchev–Trinajstić information content (AvgIpc) is 3.88. The van der Waals surface area contributed by atoms with Crippen LogP contribution in [0.2, 0.25) is 0 Å². The highest BCUT2D eigenvalue weighted by atomic mass is 16.4. The van der Waals surface area contributed by atoms with Crippen LogP contribution in [0.3, 0.4) is 0 Å². The van der Waals surface area contributed by atoms with Crippen molar-refractivity contribution in [1.29, 1.82) is 0 Å². The summed E-state index contributed by atoms with van der Waals surface area (Å²) in [6.07, 6.45) is 14.0. The number of terminal acetylenes is 2. The highest BCUT2D eigenvalue weighted by Gasteiger charge is 2.14. The monoisotopic (exact) mass is 710 g/mol. The molecule has 0 unspecified atom stereocenters. The molecule has 2 heterocycles. The van der Waals surface area contributed by atoms with Crippen LogP contribution in [-0.2, 0) is 0 Å². The Kier molecular flexibility index (Phi) is 9.00. The first-order chi connectivity index (χ1) is 26.1. The van der Waals surface area contributed by atoms with Gasteiger partial charge in [-0.05, 0) is 82.2 Å². The van der Waals surface area contributed by atoms with E-state index in [9.17, 15) is 19.8 Å². The summed E-state index contributed by atoms with van der Waals surface area (Å²) in [4.78, 5) is 22.3. The number of carboxylic acids is 2. The zero-order valence-electron chi connectivity index (χ0n) is 28.0. The molecule has 0 radical (unpaired) electrons. The molecular weight excluding hydrogens is 684 g/mol. The molecular formula is C42H26N6O6. The minimum absolute atomic E-state index is 0.205. The zero-order valence-corrected chi connectivity index (χ0v) is 28.0. The molecule has 0 bridgehead atoms. The second-order valence-electron chi connectivity index (χ2n) is 12.0. The number of hydrogen-bond donors (Lipinski definition) is 4. The fraction of sp³-hybridized carbons (Fsp3) is 0. The van der Waals surface area contributed by atoms with E-state index in [1.165, 1.54) is 45.8 Å². The molecule has 0 aliphatic rings. The normalized spacial score (nSPS) is 10.6. The molecule has 54 heavy (non-hydrogen) atoms. The zero-order chi connectivity index (χ0) is 37.9. The number of rotatable bonds is 6. The molecule has 0 spiro atoms. The molecule has 0 saturated carbocycles. The van der Waals surface area contributed by atoms with Crippen LogP contribution in [-0.4, -0.2) is 62.4 Å². The van der Waals surface area contributed by atoms with E-state index in [0.717, 1.165) is 43.8 Å². The third kappa shape index (κ3) is 6.90. The van der Waals surface area contributed by atoms with Crippen molar-refractivity contribution in [3.8, 4) is 70.1 Å². The smallest absolute Gasteiger partial charge is 0.339 e. The van der Waals surface area contributed by atoms with Crippen molar-refractivity contribution in [2.45, 2.75) is 0 Å². The predicted octanol–water partition coefficient (Wildman–Crippen LogP) is 6.95. The van der Waals surface area contributed by atoms with Crippen molar-refractivity contribution in [3.63, 3.8) is 0 Å². The van der Waals surface area contributed by atoms with Gasteiger partial charge in [-0.25, -0.2) is 19.0 Å². The molecule has 12 nitrogen and oxygen atoms in total. The Balaban J connectivity index is 0.000000269. The molecule has 8 aromatic rings. The third-order valence-corrected chi connectivity index (χ3v) is 8.54. The Morgan fingerprint density at radius 2 is 0.926 bits per heavy atom. The van der Waals surface area contributed by atoms with Gasteiger partial charge in [0.05, 0.1) is 23.8 Å². The van der Waals surface area contributed by atoms with Crippen LogP contribution < -0.4 is 0 Å². The Hall–Kier alpha value is -8.22. The number of aromatic carboxylic acids is 2. The van der Waals surface area contributed by atoms with Crippen LogP contribution >= 0.6 is 0 Å². The molecule has 0 aliphatic heterocycles. The standard InChI is InChI=1S/C28H18N6O6.C14H8/c35-25-11-19(5-7-21(25)27(37)38)33-13-23(29-31-33)16-3-1-15-2-4-17(10-18(15)9-16)24-14-34(32-30-24)20-6-8-22(28(39)40)26(36)12-20;1-3-11-5-7-13-8-6-12(4-2)10-14(13)9-11/h1-14,35-36H,(H,37,38)(H,39,40);1-2,5-10H. The van der Waals surface area contributed by atoms with Gasteiger partial charge >= 0.3 is 11.9 Å². The van der Waals surface area contributed by atoms with Crippen LogP contribution in [0.1, 0.15) is 31.8 Å². The van der Waals surface area contributed by atoms with Crippen LogP contribution in [0.15, 0.2) is 122 Å². The second kappa shape index (κ2) is 14.2. The lowest BCUT2D eigenvalue weighted by Gasteiger charge is -2.05. The van der Waals surface area contributed by atoms with E-state index in [4.69, 9.17) is 23.1 Å². The van der Waals surface area contributed by atoms with Gasteiger partial charge in [0.15, 0.2) is 0 Å². The summed E-state index contributed by atoms with van der Waals surface area (Å²) < 4.78 is 2.89. The number of fused-ring (bicyclic) bond motifs is 2. The fourth-order valence-corrected chi connectivity index (χ4v) is 5.72. The third-order valence-electron chi connectivity index (χ3n) is 8.54. The molecule has 6 aromatic carbocycles. The Bertz CT molecular complexity index is 2680. The number of hydrogen-bond acceptors (Lipinski definition) is 8. The van der Waals surface area contributed by atoms with Crippen molar-refractivity contribution in [2.75, 3.05) is 0 Å². The largest absolute Gasteiger partial charge is 0.507 e. The van der Waals surface area contributed by atoms with E-state index in [-0.39, 0.29) is 22.6 Å². The van der Waals surface area contributed by atoms with Crippen LogP contribution in [0.25, 0.3) is 55.4 Å². The Morgan fingerprint density at radius 1 is 0.519 bits per heavy atom. The minimum atomic E-state index is -1.23. The van der Waals surface area contributed by atoms with Gasteiger partial charge in [-0.15, -0.1) is 23.0 Å². The first kappa shape index (κ1) is 34.2. The van der Waals surface area contributed by atoms with E-state index in [1.807, 2.05) is 72.8 Å². The average molecular weight is 711 g/mol. The number of carbonyl (C=O) groups is 2. The summed E-state index contributed by atoms with van der Waals surface area (Å²) >= 11 is 0. The Morgan fingerprint density at radius 3 is 1.31 bits per heavy atom. The summed E-state index contributed by atoms with van der Waals surface area (Å²) in [6.45, 7) is 0. The van der Waals surface area contributed by atoms with Gasteiger partial charge in [-0.2, -0.15) is 0 Å². The van der Waals surface area contributed by atoms with Gasteiger partial charge in [0.2, 0.25) is 0 Å². The number of carboxylic acid groups (broad SMARTS) is 2. The first-order valence-corrected chi connectivity index (χ1v) is 16.1. The molecule has 12 heteroatoms. The van der Waals surface area contributed by atoms with E-state index in [2.05, 4.69) is 32.5 Å². The van der Waals surface area contributed by atoms with Crippen molar-refractivity contribution in [1.82, 2.24) is 30.0 Å². The van der Waals surface area contributed by atoms with Gasteiger partial charge in [0.1, 0.15) is 34.0 Å². The summed E-state index contributed by atoms with van der Waals surface area (Å²) in [5, 5.41) is 59.1. The summed E-state index contributed by atoms with van der Waals surface area (Å²) in [6, 6.07) is 31.7. The first-order valence-electron chi connectivity index (χ1n) is 16.1. The van der Waals surface area contributed by atoms with E-state index in [0.29, 0.717) is 22.8 Å². The summed E-state index contributed by atoms with van der Waals surface area (Å²) in [5.41, 5.74) is 5.00. The highest BCUT2D eigenvalue weighted by molar-refractivity contribution is 5.92. The molecule has 8 rings (SSSR count). The minimum Gasteiger partial charge on any atom is -0.507 e. The van der Waals surface area contributed by atoms with Gasteiger partial charge in [-0.1, -0.05) is 58.7 Å². The molecule has 0 saturated heterocycles. The fourth-order valence-electron chi connectivity index (χ4n) is 5.72. The lowest BCUT2D eigenvalue weighted by Crippen LogP contribution is -1.99. The van der Waals surface area contributed by atoms with Crippen LogP contribution in [0.4, 0.5) is 0 Å². The molecule has 4 N–H and O–H groups in total. The molecule has 260 valence electrons. The SMILES string of the molecule is C#Cc1ccc2ccc(C#C)cc2c1.O=C(O)c1ccc(-n2cc(-c3ccc4ccc(-c5cn(-c6ccc(C(=O)O)c(O)c6)nn5)cc4c3)nn2)cc1O. The van der Waals surface area contributed by atoms with Crippen LogP contribution in [0, 0.1) is 24.7 Å². The molecule has 0 atom stereocenters. The summed E-state index contributed by atoms with van der Waals surface area (Å²) in [5.74, 6) is 2.02. The number of aromatic hydroxyl groups is 2. The van der Waals surface area contributed by atoms with Crippen molar-refractivity contribution >= 4 is 33.5 Å². The van der Waals surface area contributed by atoms with Gasteiger partial charge < -0.3 is 20.4 Å². The second-order valence-corrected chi connectivity index (χ2v) is 12.0. The predicted molar refractivity (Wildman–Crippen MR) is 202 cm³/mol. The number of nitrogens with zero attached hydrogens (tertiary/aromatic N) is 6. The molecule has 0 fully saturated rings. The number of benzene rings is 6. The topological polar surface area (TPSA) is 176 Å². The molecule has 2 aromatic heterocycles. The number of aromatic nitrogens is 6. The van der Waals surface area contributed by atoms with E-state index < -0.39 is 11.9 Å². The van der Waals surface area contributed by atoms with Crippen molar-refractivity contribution in [2.24, 2.45) is 0 Å². The lowest BCUT2D eigenvalue weighted by molar-refractivity contribution is 0.0682. The Labute approximate surface area is 306 Å².